The molecule has 7 aromatic carbocycles. The van der Waals surface area contributed by atoms with E-state index in [2.05, 4.69) is 162 Å². The third-order valence-corrected chi connectivity index (χ3v) is 11.5. The van der Waals surface area contributed by atoms with Crippen LogP contribution in [0.3, 0.4) is 0 Å². The van der Waals surface area contributed by atoms with Gasteiger partial charge in [-0.2, -0.15) is 0 Å². The third-order valence-electron chi connectivity index (χ3n) is 11.5. The number of fused-ring (bicyclic) bond motifs is 10. The topological polar surface area (TPSA) is 68.0 Å². The van der Waals surface area contributed by atoms with E-state index in [1.54, 1.807) is 0 Å². The highest BCUT2D eigenvalue weighted by Gasteiger charge is 2.26. The van der Waals surface area contributed by atoms with Gasteiger partial charge in [-0.25, -0.2) is 9.98 Å². The van der Waals surface area contributed by atoms with Crippen molar-refractivity contribution >= 4 is 82.9 Å². The maximum atomic E-state index is 6.91. The monoisotopic (exact) mass is 734 g/mol. The van der Waals surface area contributed by atoms with Crippen molar-refractivity contribution in [2.24, 2.45) is 9.98 Å². The molecule has 4 heterocycles. The van der Waals surface area contributed by atoms with Gasteiger partial charge in [0, 0.05) is 38.1 Å². The van der Waals surface area contributed by atoms with Crippen LogP contribution in [0.15, 0.2) is 189 Å². The number of hydrogen-bond donors (Lipinski definition) is 1. The van der Waals surface area contributed by atoms with Crippen molar-refractivity contribution in [1.82, 2.24) is 9.88 Å². The van der Waals surface area contributed by atoms with Gasteiger partial charge in [0.1, 0.15) is 28.8 Å². The Hall–Kier alpha value is -7.44. The van der Waals surface area contributed by atoms with E-state index >= 15 is 0 Å². The number of aromatic nitrogens is 1. The fraction of sp³-hybridized carbons (Fsp3) is 0.0588. The summed E-state index contributed by atoms with van der Waals surface area (Å²) < 4.78 is 15.8. The predicted octanol–water partition coefficient (Wildman–Crippen LogP) is 12.8. The molecular weight excluding hydrogens is 701 g/mol. The zero-order chi connectivity index (χ0) is 37.5. The van der Waals surface area contributed by atoms with Crippen LogP contribution in [0.2, 0.25) is 0 Å². The number of nitrogens with zero attached hydrogens (tertiary/aromatic N) is 3. The Morgan fingerprint density at radius 3 is 2.28 bits per heavy atom. The molecule has 1 aliphatic carbocycles. The molecule has 0 spiro atoms. The number of benzene rings is 7. The standard InChI is InChI=1S/C51H34N4O2/c1-3-14-31(15-4-1)33-18-11-19-34(30-33)50-52-49(32-16-5-2-6-17-32)53-51(54-50)39-23-13-27-44-45(39)38-22-12-25-42(47(38)57-44)55-40-24-9-7-21-37(40)46-41(55)29-28-36-35-20-8-10-26-43(35)56-48(36)46/h1-3,5-14,16-30,49H,4,15H2,(H,52,53,54). The molecule has 1 N–H and O–H groups in total. The lowest BCUT2D eigenvalue weighted by Gasteiger charge is -2.24. The van der Waals surface area contributed by atoms with Gasteiger partial charge in [0.15, 0.2) is 11.4 Å². The SMILES string of the molecule is C1=CCCC(c2cccc(C3=NC(c4ccccc4)NC(c4cccc5oc6c(-n7c8ccccc8c8c9oc%10ccccc%10c9ccc87)cccc6c45)=N3)c2)=C1. The first kappa shape index (κ1) is 31.9. The second-order valence-corrected chi connectivity index (χ2v) is 14.8. The van der Waals surface area contributed by atoms with E-state index in [4.69, 9.17) is 18.8 Å². The first-order valence-electron chi connectivity index (χ1n) is 19.5. The maximum Gasteiger partial charge on any atom is 0.159 e. The molecule has 10 aromatic rings. The molecule has 1 unspecified atom stereocenters. The Bertz CT molecular complexity index is 3390. The highest BCUT2D eigenvalue weighted by atomic mass is 16.3. The molecular formula is C51H34N4O2. The Labute approximate surface area is 327 Å². The predicted molar refractivity (Wildman–Crippen MR) is 234 cm³/mol. The van der Waals surface area contributed by atoms with Gasteiger partial charge in [0.2, 0.25) is 0 Å². The molecule has 0 bridgehead atoms. The zero-order valence-corrected chi connectivity index (χ0v) is 30.8. The van der Waals surface area contributed by atoms with Crippen LogP contribution in [0, 0.1) is 0 Å². The van der Waals surface area contributed by atoms with E-state index < -0.39 is 0 Å². The van der Waals surface area contributed by atoms with Gasteiger partial charge in [-0.05, 0) is 72.0 Å². The van der Waals surface area contributed by atoms with Gasteiger partial charge >= 0.3 is 0 Å². The summed E-state index contributed by atoms with van der Waals surface area (Å²) in [5, 5.41) is 10.2. The molecule has 1 aliphatic heterocycles. The van der Waals surface area contributed by atoms with E-state index in [0.29, 0.717) is 5.84 Å². The van der Waals surface area contributed by atoms with Gasteiger partial charge < -0.3 is 18.7 Å². The molecule has 0 amide bonds. The minimum Gasteiger partial charge on any atom is -0.455 e. The smallest absolute Gasteiger partial charge is 0.159 e. The number of para-hydroxylation sites is 3. The average Bonchev–Trinajstić information content (AvgIpc) is 3.97. The Kier molecular flexibility index (Phi) is 7.01. The maximum absolute atomic E-state index is 6.91. The first-order chi connectivity index (χ1) is 28.3. The van der Waals surface area contributed by atoms with Crippen molar-refractivity contribution < 1.29 is 8.83 Å². The summed E-state index contributed by atoms with van der Waals surface area (Å²) in [6.07, 6.45) is 8.32. The number of nitrogens with one attached hydrogen (secondary N) is 1. The van der Waals surface area contributed by atoms with Crippen molar-refractivity contribution in [3.63, 3.8) is 0 Å². The van der Waals surface area contributed by atoms with Crippen molar-refractivity contribution in [1.29, 1.82) is 0 Å². The lowest BCUT2D eigenvalue weighted by molar-refractivity contribution is 0.665. The summed E-state index contributed by atoms with van der Waals surface area (Å²) in [5.41, 5.74) is 12.0. The quantitative estimate of drug-likeness (QED) is 0.191. The van der Waals surface area contributed by atoms with Crippen molar-refractivity contribution in [2.75, 3.05) is 0 Å². The highest BCUT2D eigenvalue weighted by Crippen LogP contribution is 2.43. The van der Waals surface area contributed by atoms with Gasteiger partial charge in [-0.1, -0.05) is 127 Å². The second kappa shape index (κ2) is 12.5. The molecule has 0 radical (unpaired) electrons. The molecule has 270 valence electrons. The van der Waals surface area contributed by atoms with Crippen LogP contribution >= 0.6 is 0 Å². The number of allylic oxidation sites excluding steroid dienone is 4. The fourth-order valence-electron chi connectivity index (χ4n) is 8.92. The van der Waals surface area contributed by atoms with Crippen molar-refractivity contribution in [2.45, 2.75) is 19.0 Å². The Balaban J connectivity index is 1.06. The summed E-state index contributed by atoms with van der Waals surface area (Å²) in [4.78, 5) is 10.5. The lowest BCUT2D eigenvalue weighted by Crippen LogP contribution is -2.33. The van der Waals surface area contributed by atoms with Crippen LogP contribution in [0.25, 0.3) is 76.9 Å². The van der Waals surface area contributed by atoms with Gasteiger partial charge in [0.25, 0.3) is 0 Å². The summed E-state index contributed by atoms with van der Waals surface area (Å²) in [6, 6.07) is 52.9. The number of aliphatic imine (C=N–C) groups is 2. The number of rotatable bonds is 5. The number of hydrogen-bond acceptors (Lipinski definition) is 5. The summed E-state index contributed by atoms with van der Waals surface area (Å²) in [6.45, 7) is 0. The number of amidine groups is 2. The highest BCUT2D eigenvalue weighted by molar-refractivity contribution is 6.25. The fourth-order valence-corrected chi connectivity index (χ4v) is 8.92. The zero-order valence-electron chi connectivity index (χ0n) is 30.8. The second-order valence-electron chi connectivity index (χ2n) is 14.8. The Morgan fingerprint density at radius 1 is 0.596 bits per heavy atom. The molecule has 3 aromatic heterocycles. The Morgan fingerprint density at radius 2 is 1.37 bits per heavy atom. The van der Waals surface area contributed by atoms with Crippen LogP contribution in [-0.2, 0) is 0 Å². The van der Waals surface area contributed by atoms with Crippen LogP contribution in [-0.4, -0.2) is 16.2 Å². The molecule has 12 rings (SSSR count). The van der Waals surface area contributed by atoms with Crippen LogP contribution in [0.4, 0.5) is 0 Å². The summed E-state index contributed by atoms with van der Waals surface area (Å²) in [5.74, 6) is 1.45. The largest absolute Gasteiger partial charge is 0.455 e. The summed E-state index contributed by atoms with van der Waals surface area (Å²) >= 11 is 0. The van der Waals surface area contributed by atoms with E-state index in [1.807, 2.05) is 18.2 Å². The van der Waals surface area contributed by atoms with E-state index in [9.17, 15) is 0 Å². The molecule has 57 heavy (non-hydrogen) atoms. The van der Waals surface area contributed by atoms with E-state index in [0.717, 1.165) is 107 Å². The van der Waals surface area contributed by atoms with Gasteiger partial charge in [0.05, 0.1) is 22.1 Å². The van der Waals surface area contributed by atoms with Crippen LogP contribution < -0.4 is 5.32 Å². The average molecular weight is 735 g/mol. The molecule has 0 saturated heterocycles. The van der Waals surface area contributed by atoms with Gasteiger partial charge in [-0.15, -0.1) is 0 Å². The minimum absolute atomic E-state index is 0.328. The molecule has 6 nitrogen and oxygen atoms in total. The van der Waals surface area contributed by atoms with Gasteiger partial charge in [-0.3, -0.25) is 0 Å². The molecule has 1 atom stereocenters. The number of furan rings is 2. The molecule has 6 heteroatoms. The van der Waals surface area contributed by atoms with Crippen molar-refractivity contribution in [3.05, 3.63) is 192 Å². The molecule has 2 aliphatic rings. The molecule has 0 saturated carbocycles. The van der Waals surface area contributed by atoms with Crippen LogP contribution in [0.5, 0.6) is 0 Å². The van der Waals surface area contributed by atoms with E-state index in [1.165, 1.54) is 11.1 Å². The molecule has 0 fully saturated rings. The normalized spacial score (nSPS) is 15.8. The third kappa shape index (κ3) is 4.97. The summed E-state index contributed by atoms with van der Waals surface area (Å²) in [7, 11) is 0. The first-order valence-corrected chi connectivity index (χ1v) is 19.5. The van der Waals surface area contributed by atoms with Crippen LogP contribution in [0.1, 0.15) is 41.3 Å². The minimum atomic E-state index is -0.328. The van der Waals surface area contributed by atoms with E-state index in [-0.39, 0.29) is 6.17 Å². The van der Waals surface area contributed by atoms with Crippen molar-refractivity contribution in [3.8, 4) is 5.69 Å². The lowest BCUT2D eigenvalue weighted by atomic mass is 9.96.